The van der Waals surface area contributed by atoms with Crippen LogP contribution >= 0.6 is 0 Å². The summed E-state index contributed by atoms with van der Waals surface area (Å²) in [5.41, 5.74) is 7.20. The number of nitrogens with two attached hydrogens (primary N) is 1. The molecule has 0 amide bonds. The lowest BCUT2D eigenvalue weighted by molar-refractivity contribution is 0.600. The zero-order chi connectivity index (χ0) is 14.8. The molecule has 4 nitrogen and oxygen atoms in total. The smallest absolute Gasteiger partial charge is 0.236 e. The summed E-state index contributed by atoms with van der Waals surface area (Å²) in [5, 5.41) is 0. The molecule has 0 unspecified atom stereocenters. The van der Waals surface area contributed by atoms with E-state index in [4.69, 9.17) is 5.73 Å². The van der Waals surface area contributed by atoms with E-state index in [9.17, 15) is 12.8 Å². The lowest BCUT2D eigenvalue weighted by Gasteiger charge is -2.11. The molecule has 0 fully saturated rings. The van der Waals surface area contributed by atoms with Gasteiger partial charge >= 0.3 is 0 Å². The second kappa shape index (κ2) is 5.50. The Morgan fingerprint density at radius 3 is 2.60 bits per heavy atom. The summed E-state index contributed by atoms with van der Waals surface area (Å²) in [6, 6.07) is 10.9. The SMILES string of the molecule is Cc1c(F)cccc1NS(=O)(=O)Cc1cccc(N)c1. The molecule has 2 rings (SSSR count). The Morgan fingerprint density at radius 1 is 1.20 bits per heavy atom. The summed E-state index contributed by atoms with van der Waals surface area (Å²) in [7, 11) is -3.62. The fourth-order valence-corrected chi connectivity index (χ4v) is 3.07. The molecular formula is C14H15FN2O2S. The van der Waals surface area contributed by atoms with Crippen molar-refractivity contribution in [3.8, 4) is 0 Å². The first-order chi connectivity index (χ1) is 9.37. The lowest BCUT2D eigenvalue weighted by atomic mass is 10.2. The highest BCUT2D eigenvalue weighted by Crippen LogP contribution is 2.20. The molecule has 0 aliphatic carbocycles. The van der Waals surface area contributed by atoms with Gasteiger partial charge in [-0.2, -0.15) is 0 Å². The highest BCUT2D eigenvalue weighted by molar-refractivity contribution is 7.91. The second-order valence-electron chi connectivity index (χ2n) is 4.52. The Bertz CT molecular complexity index is 730. The van der Waals surface area contributed by atoms with Crippen LogP contribution in [0.15, 0.2) is 42.5 Å². The van der Waals surface area contributed by atoms with Crippen molar-refractivity contribution in [3.63, 3.8) is 0 Å². The maximum Gasteiger partial charge on any atom is 0.236 e. The highest BCUT2D eigenvalue weighted by Gasteiger charge is 2.14. The summed E-state index contributed by atoms with van der Waals surface area (Å²) < 4.78 is 39.9. The van der Waals surface area contributed by atoms with E-state index in [2.05, 4.69) is 4.72 Å². The molecular weight excluding hydrogens is 279 g/mol. The van der Waals surface area contributed by atoms with Gasteiger partial charge in [-0.05, 0) is 36.8 Å². The second-order valence-corrected chi connectivity index (χ2v) is 6.24. The van der Waals surface area contributed by atoms with E-state index in [0.29, 0.717) is 11.3 Å². The van der Waals surface area contributed by atoms with Crippen LogP contribution < -0.4 is 10.5 Å². The summed E-state index contributed by atoms with van der Waals surface area (Å²) in [6.45, 7) is 1.52. The fraction of sp³-hybridized carbons (Fsp3) is 0.143. The van der Waals surface area contributed by atoms with Crippen LogP contribution in [-0.4, -0.2) is 8.42 Å². The summed E-state index contributed by atoms with van der Waals surface area (Å²) >= 11 is 0. The van der Waals surface area contributed by atoms with Crippen LogP contribution in [0.3, 0.4) is 0 Å². The molecule has 0 saturated heterocycles. The number of hydrogen-bond acceptors (Lipinski definition) is 3. The van der Waals surface area contributed by atoms with Gasteiger partial charge in [-0.1, -0.05) is 18.2 Å². The topological polar surface area (TPSA) is 72.2 Å². The van der Waals surface area contributed by atoms with E-state index in [0.717, 1.165) is 0 Å². The first kappa shape index (κ1) is 14.3. The van der Waals surface area contributed by atoms with Gasteiger partial charge < -0.3 is 5.73 Å². The molecule has 0 aliphatic heterocycles. The quantitative estimate of drug-likeness (QED) is 0.851. The van der Waals surface area contributed by atoms with Gasteiger partial charge in [0.25, 0.3) is 0 Å². The largest absolute Gasteiger partial charge is 0.399 e. The zero-order valence-electron chi connectivity index (χ0n) is 10.9. The van der Waals surface area contributed by atoms with E-state index < -0.39 is 15.8 Å². The van der Waals surface area contributed by atoms with Gasteiger partial charge in [0.05, 0.1) is 11.4 Å². The van der Waals surface area contributed by atoms with Gasteiger partial charge in [-0.15, -0.1) is 0 Å². The molecule has 0 heterocycles. The molecule has 0 saturated carbocycles. The molecule has 0 aromatic heterocycles. The van der Waals surface area contributed by atoms with Crippen molar-refractivity contribution in [2.45, 2.75) is 12.7 Å². The van der Waals surface area contributed by atoms with Gasteiger partial charge in [-0.25, -0.2) is 12.8 Å². The molecule has 3 N–H and O–H groups in total. The van der Waals surface area contributed by atoms with E-state index >= 15 is 0 Å². The number of halogens is 1. The summed E-state index contributed by atoms with van der Waals surface area (Å²) in [6.07, 6.45) is 0. The molecule has 0 bridgehead atoms. The van der Waals surface area contributed by atoms with E-state index in [-0.39, 0.29) is 17.0 Å². The molecule has 106 valence electrons. The Labute approximate surface area is 117 Å². The van der Waals surface area contributed by atoms with E-state index in [1.807, 2.05) is 0 Å². The summed E-state index contributed by atoms with van der Waals surface area (Å²) in [4.78, 5) is 0. The standard InChI is InChI=1S/C14H15FN2O2S/c1-10-13(15)6-3-7-14(10)17-20(18,19)9-11-4-2-5-12(16)8-11/h2-8,17H,9,16H2,1H3. The Hall–Kier alpha value is -2.08. The number of benzene rings is 2. The van der Waals surface area contributed by atoms with Crippen molar-refractivity contribution in [1.82, 2.24) is 0 Å². The molecule has 0 spiro atoms. The van der Waals surface area contributed by atoms with E-state index in [1.165, 1.54) is 25.1 Å². The first-order valence-electron chi connectivity index (χ1n) is 5.97. The number of nitrogen functional groups attached to an aromatic ring is 1. The van der Waals surface area contributed by atoms with Crippen molar-refractivity contribution in [3.05, 3.63) is 59.4 Å². The molecule has 0 atom stereocenters. The molecule has 0 radical (unpaired) electrons. The van der Waals surface area contributed by atoms with Crippen LogP contribution in [0.4, 0.5) is 15.8 Å². The summed E-state index contributed by atoms with van der Waals surface area (Å²) in [5.74, 6) is -0.664. The fourth-order valence-electron chi connectivity index (χ4n) is 1.82. The molecule has 0 aliphatic rings. The van der Waals surface area contributed by atoms with Gasteiger partial charge in [-0.3, -0.25) is 4.72 Å². The van der Waals surface area contributed by atoms with Crippen molar-refractivity contribution >= 4 is 21.4 Å². The Kier molecular flexibility index (Phi) is 3.94. The molecule has 20 heavy (non-hydrogen) atoms. The van der Waals surface area contributed by atoms with Crippen molar-refractivity contribution in [2.75, 3.05) is 10.5 Å². The number of nitrogens with one attached hydrogen (secondary N) is 1. The third kappa shape index (κ3) is 3.48. The lowest BCUT2D eigenvalue weighted by Crippen LogP contribution is -2.16. The average molecular weight is 294 g/mol. The normalized spacial score (nSPS) is 11.3. The molecule has 2 aromatic carbocycles. The van der Waals surface area contributed by atoms with Crippen LogP contribution in [0, 0.1) is 12.7 Å². The minimum Gasteiger partial charge on any atom is -0.399 e. The van der Waals surface area contributed by atoms with E-state index in [1.54, 1.807) is 24.3 Å². The van der Waals surface area contributed by atoms with Crippen LogP contribution in [0.2, 0.25) is 0 Å². The highest BCUT2D eigenvalue weighted by atomic mass is 32.2. The van der Waals surface area contributed by atoms with Crippen molar-refractivity contribution in [2.24, 2.45) is 0 Å². The number of anilines is 2. The Morgan fingerprint density at radius 2 is 1.90 bits per heavy atom. The predicted octanol–water partition coefficient (Wildman–Crippen LogP) is 2.66. The van der Waals surface area contributed by atoms with Gasteiger partial charge in [0.2, 0.25) is 10.0 Å². The number of rotatable bonds is 4. The first-order valence-corrected chi connectivity index (χ1v) is 7.62. The Balaban J connectivity index is 2.21. The van der Waals surface area contributed by atoms with Gasteiger partial charge in [0, 0.05) is 11.3 Å². The van der Waals surface area contributed by atoms with Crippen LogP contribution in [-0.2, 0) is 15.8 Å². The third-order valence-corrected chi connectivity index (χ3v) is 4.09. The minimum atomic E-state index is -3.62. The maximum absolute atomic E-state index is 13.4. The predicted molar refractivity (Wildman–Crippen MR) is 78.2 cm³/mol. The minimum absolute atomic E-state index is 0.214. The number of hydrogen-bond donors (Lipinski definition) is 2. The maximum atomic E-state index is 13.4. The molecule has 6 heteroatoms. The van der Waals surface area contributed by atoms with Crippen molar-refractivity contribution in [1.29, 1.82) is 0 Å². The van der Waals surface area contributed by atoms with Gasteiger partial charge in [0.15, 0.2) is 0 Å². The van der Waals surface area contributed by atoms with Crippen LogP contribution in [0.5, 0.6) is 0 Å². The zero-order valence-corrected chi connectivity index (χ0v) is 11.7. The van der Waals surface area contributed by atoms with Crippen LogP contribution in [0.1, 0.15) is 11.1 Å². The van der Waals surface area contributed by atoms with Crippen LogP contribution in [0.25, 0.3) is 0 Å². The van der Waals surface area contributed by atoms with Gasteiger partial charge in [0.1, 0.15) is 5.82 Å². The third-order valence-electron chi connectivity index (χ3n) is 2.84. The average Bonchev–Trinajstić information content (AvgIpc) is 2.34. The van der Waals surface area contributed by atoms with Crippen molar-refractivity contribution < 1.29 is 12.8 Å². The molecule has 2 aromatic rings. The number of sulfonamides is 1. The monoisotopic (exact) mass is 294 g/mol.